The number of aromatic nitrogens is 2. The normalized spacial score (nSPS) is 16.9. The number of halogens is 1. The van der Waals surface area contributed by atoms with Gasteiger partial charge in [0.25, 0.3) is 5.91 Å². The minimum Gasteiger partial charge on any atom is -0.332 e. The minimum atomic E-state index is -0.0966. The summed E-state index contributed by atoms with van der Waals surface area (Å²) in [6.45, 7) is 4.96. The number of fused-ring (bicyclic) bond motifs is 1. The van der Waals surface area contributed by atoms with Crippen molar-refractivity contribution in [3.8, 4) is 0 Å². The summed E-state index contributed by atoms with van der Waals surface area (Å²) in [5.41, 5.74) is 5.78. The van der Waals surface area contributed by atoms with Crippen LogP contribution in [0, 0.1) is 13.8 Å². The molecule has 5 nitrogen and oxygen atoms in total. The molecule has 4 rings (SSSR count). The van der Waals surface area contributed by atoms with Crippen LogP contribution >= 0.6 is 15.9 Å². The highest BCUT2D eigenvalue weighted by molar-refractivity contribution is 9.10. The van der Waals surface area contributed by atoms with E-state index in [1.165, 1.54) is 16.7 Å². The molecule has 2 aromatic carbocycles. The third-order valence-corrected chi connectivity index (χ3v) is 6.68. The molecule has 1 atom stereocenters. The number of likely N-dealkylation sites (tertiary alicyclic amines) is 1. The van der Waals surface area contributed by atoms with E-state index in [1.807, 2.05) is 17.0 Å². The predicted molar refractivity (Wildman–Crippen MR) is 115 cm³/mol. The second-order valence-electron chi connectivity index (χ2n) is 7.72. The number of hydrogen-bond acceptors (Lipinski definition) is 2. The molecule has 1 aromatic heterocycles. The largest absolute Gasteiger partial charge is 0.332 e. The van der Waals surface area contributed by atoms with Crippen LogP contribution in [0.3, 0.4) is 0 Å². The molecular weight excluding hydrogens is 418 g/mol. The Bertz CT molecular complexity index is 1160. The fourth-order valence-electron chi connectivity index (χ4n) is 4.17. The summed E-state index contributed by atoms with van der Waals surface area (Å²) in [6.07, 6.45) is 1.96. The molecular formula is C22H24BrN3O2. The minimum absolute atomic E-state index is 0.00538. The topological polar surface area (TPSA) is 47.2 Å². The molecule has 28 heavy (non-hydrogen) atoms. The predicted octanol–water partition coefficient (Wildman–Crippen LogP) is 4.23. The van der Waals surface area contributed by atoms with Crippen LogP contribution in [0.2, 0.25) is 0 Å². The van der Waals surface area contributed by atoms with Crippen molar-refractivity contribution in [1.29, 1.82) is 0 Å². The number of nitrogens with zero attached hydrogens (tertiary/aromatic N) is 3. The first-order valence-corrected chi connectivity index (χ1v) is 10.3. The van der Waals surface area contributed by atoms with Gasteiger partial charge in [-0.2, -0.15) is 0 Å². The van der Waals surface area contributed by atoms with Gasteiger partial charge in [-0.15, -0.1) is 0 Å². The number of aryl methyl sites for hydroxylation is 4. The molecule has 0 aliphatic carbocycles. The first kappa shape index (κ1) is 19.0. The summed E-state index contributed by atoms with van der Waals surface area (Å²) in [4.78, 5) is 27.7. The van der Waals surface area contributed by atoms with Crippen LogP contribution in [0.4, 0.5) is 0 Å². The van der Waals surface area contributed by atoms with Gasteiger partial charge < -0.3 is 4.90 Å². The van der Waals surface area contributed by atoms with Crippen molar-refractivity contribution in [3.63, 3.8) is 0 Å². The summed E-state index contributed by atoms with van der Waals surface area (Å²) in [7, 11) is 3.48. The molecule has 3 aromatic rings. The van der Waals surface area contributed by atoms with E-state index in [1.54, 1.807) is 23.2 Å². The number of hydrogen-bond donors (Lipinski definition) is 0. The van der Waals surface area contributed by atoms with Crippen molar-refractivity contribution in [2.45, 2.75) is 32.7 Å². The molecule has 0 saturated carbocycles. The van der Waals surface area contributed by atoms with Gasteiger partial charge in [0, 0.05) is 25.1 Å². The van der Waals surface area contributed by atoms with Gasteiger partial charge in [0.1, 0.15) is 0 Å². The van der Waals surface area contributed by atoms with Crippen LogP contribution in [0.25, 0.3) is 11.0 Å². The highest BCUT2D eigenvalue weighted by Gasteiger charge is 2.32. The third-order valence-electron chi connectivity index (χ3n) is 6.02. The summed E-state index contributed by atoms with van der Waals surface area (Å²) in [5.74, 6) is 0.00538. The van der Waals surface area contributed by atoms with E-state index in [9.17, 15) is 9.59 Å². The average Bonchev–Trinajstić information content (AvgIpc) is 3.24. The maximum atomic E-state index is 13.5. The summed E-state index contributed by atoms with van der Waals surface area (Å²) in [5, 5.41) is 0. The Labute approximate surface area is 172 Å². The number of benzene rings is 2. The van der Waals surface area contributed by atoms with E-state index in [4.69, 9.17) is 0 Å². The Morgan fingerprint density at radius 1 is 1.04 bits per heavy atom. The van der Waals surface area contributed by atoms with E-state index in [2.05, 4.69) is 48.0 Å². The van der Waals surface area contributed by atoms with E-state index < -0.39 is 0 Å². The van der Waals surface area contributed by atoms with Crippen LogP contribution in [-0.4, -0.2) is 26.5 Å². The van der Waals surface area contributed by atoms with Crippen molar-refractivity contribution in [2.24, 2.45) is 14.1 Å². The maximum absolute atomic E-state index is 13.5. The molecule has 0 radical (unpaired) electrons. The number of amides is 1. The Balaban J connectivity index is 1.76. The Hall–Kier alpha value is -2.34. The second kappa shape index (κ2) is 6.92. The first-order chi connectivity index (χ1) is 13.3. The zero-order valence-corrected chi connectivity index (χ0v) is 18.2. The van der Waals surface area contributed by atoms with Crippen molar-refractivity contribution in [2.75, 3.05) is 6.54 Å². The number of carbonyl (C=O) groups excluding carboxylic acids is 1. The van der Waals surface area contributed by atoms with Gasteiger partial charge in [-0.1, -0.05) is 18.2 Å². The quantitative estimate of drug-likeness (QED) is 0.597. The number of rotatable bonds is 2. The molecule has 0 spiro atoms. The molecule has 1 saturated heterocycles. The van der Waals surface area contributed by atoms with E-state index in [0.29, 0.717) is 5.56 Å². The lowest BCUT2D eigenvalue weighted by atomic mass is 9.99. The van der Waals surface area contributed by atoms with Gasteiger partial charge in [0.15, 0.2) is 0 Å². The summed E-state index contributed by atoms with van der Waals surface area (Å²) < 4.78 is 3.91. The smallest absolute Gasteiger partial charge is 0.328 e. The molecule has 6 heteroatoms. The van der Waals surface area contributed by atoms with E-state index >= 15 is 0 Å². The van der Waals surface area contributed by atoms with Gasteiger partial charge in [-0.05, 0) is 71.4 Å². The monoisotopic (exact) mass is 441 g/mol. The number of carbonyl (C=O) groups is 1. The van der Waals surface area contributed by atoms with Crippen LogP contribution < -0.4 is 5.69 Å². The fraction of sp³-hybridized carbons (Fsp3) is 0.364. The standard InChI is InChI=1S/C22H24BrN3O2/c1-13-7-8-15(10-14(13)2)18-6-5-9-26(18)21(27)16-11-19-20(12-17(16)23)25(4)22(28)24(19)3/h7-8,10-12,18H,5-6,9H2,1-4H3. The lowest BCUT2D eigenvalue weighted by Gasteiger charge is -2.26. The van der Waals surface area contributed by atoms with Gasteiger partial charge in [0.05, 0.1) is 22.6 Å². The van der Waals surface area contributed by atoms with E-state index in [-0.39, 0.29) is 17.6 Å². The molecule has 1 aliphatic heterocycles. The molecule has 146 valence electrons. The molecule has 0 bridgehead atoms. The highest BCUT2D eigenvalue weighted by Crippen LogP contribution is 2.35. The second-order valence-corrected chi connectivity index (χ2v) is 8.58. The van der Waals surface area contributed by atoms with Crippen molar-refractivity contribution in [1.82, 2.24) is 14.0 Å². The molecule has 1 unspecified atom stereocenters. The van der Waals surface area contributed by atoms with E-state index in [0.717, 1.165) is 34.9 Å². The molecule has 1 aliphatic rings. The van der Waals surface area contributed by atoms with Gasteiger partial charge >= 0.3 is 5.69 Å². The molecule has 0 N–H and O–H groups in total. The maximum Gasteiger partial charge on any atom is 0.328 e. The lowest BCUT2D eigenvalue weighted by Crippen LogP contribution is -2.31. The zero-order valence-electron chi connectivity index (χ0n) is 16.6. The van der Waals surface area contributed by atoms with Crippen molar-refractivity contribution < 1.29 is 4.79 Å². The van der Waals surface area contributed by atoms with Crippen LogP contribution in [0.5, 0.6) is 0 Å². The van der Waals surface area contributed by atoms with Crippen LogP contribution in [-0.2, 0) is 14.1 Å². The Kier molecular flexibility index (Phi) is 4.70. The van der Waals surface area contributed by atoms with Gasteiger partial charge in [-0.3, -0.25) is 13.9 Å². The lowest BCUT2D eigenvalue weighted by molar-refractivity contribution is 0.0735. The Morgan fingerprint density at radius 2 is 1.71 bits per heavy atom. The van der Waals surface area contributed by atoms with Gasteiger partial charge in [0.2, 0.25) is 0 Å². The van der Waals surface area contributed by atoms with Gasteiger partial charge in [-0.25, -0.2) is 4.79 Å². The molecule has 2 heterocycles. The molecule has 1 fully saturated rings. The molecule has 1 amide bonds. The summed E-state index contributed by atoms with van der Waals surface area (Å²) >= 11 is 3.56. The van der Waals surface area contributed by atoms with Crippen molar-refractivity contribution >= 4 is 32.9 Å². The van der Waals surface area contributed by atoms with Crippen LogP contribution in [0.1, 0.15) is 45.9 Å². The SMILES string of the molecule is Cc1ccc(C2CCCN2C(=O)c2cc3c(cc2Br)n(C)c(=O)n3C)cc1C. The average molecular weight is 442 g/mol. The summed E-state index contributed by atoms with van der Waals surface area (Å²) in [6, 6.07) is 10.3. The third kappa shape index (κ3) is 2.91. The van der Waals surface area contributed by atoms with Crippen LogP contribution in [0.15, 0.2) is 39.6 Å². The zero-order chi connectivity index (χ0) is 20.2. The number of imidazole rings is 1. The Morgan fingerprint density at radius 3 is 2.39 bits per heavy atom. The fourth-order valence-corrected chi connectivity index (χ4v) is 4.67. The van der Waals surface area contributed by atoms with Crippen molar-refractivity contribution in [3.05, 3.63) is 67.5 Å². The first-order valence-electron chi connectivity index (χ1n) is 9.52. The highest BCUT2D eigenvalue weighted by atomic mass is 79.9.